The molecule has 0 spiro atoms. The fourth-order valence-electron chi connectivity index (χ4n) is 2.55. The molecule has 0 aliphatic carbocycles. The van der Waals surface area contributed by atoms with Crippen molar-refractivity contribution in [3.05, 3.63) is 48.0 Å². The number of hydrogen-bond donors (Lipinski definition) is 0. The molecule has 0 atom stereocenters. The highest BCUT2D eigenvalue weighted by molar-refractivity contribution is 5.94. The van der Waals surface area contributed by atoms with E-state index in [2.05, 4.69) is 9.88 Å². The molecular weight excluding hydrogens is 271 g/mol. The van der Waals surface area contributed by atoms with Crippen molar-refractivity contribution in [2.75, 3.05) is 31.1 Å². The smallest absolute Gasteiger partial charge is 0.253 e. The number of carbonyl (C=O) groups is 1. The summed E-state index contributed by atoms with van der Waals surface area (Å²) in [5, 5.41) is 0. The van der Waals surface area contributed by atoms with E-state index in [4.69, 9.17) is 0 Å². The third-order valence-electron chi connectivity index (χ3n) is 3.74. The normalized spacial score (nSPS) is 15.3. The first-order valence-electron chi connectivity index (χ1n) is 6.92. The predicted molar refractivity (Wildman–Crippen MR) is 77.7 cm³/mol. The molecule has 1 amide bonds. The number of carbonyl (C=O) groups excluding carboxylic acids is 1. The molecule has 2 aromatic rings. The molecule has 3 rings (SSSR count). The van der Waals surface area contributed by atoms with E-state index in [1.54, 1.807) is 11.1 Å². The number of hydrogen-bond acceptors (Lipinski definition) is 3. The molecule has 0 radical (unpaired) electrons. The van der Waals surface area contributed by atoms with E-state index in [1.807, 2.05) is 17.8 Å². The second-order valence-electron chi connectivity index (χ2n) is 5.12. The Hall–Kier alpha value is -2.37. The molecule has 1 fully saturated rings. The van der Waals surface area contributed by atoms with Crippen LogP contribution in [0.3, 0.4) is 0 Å². The van der Waals surface area contributed by atoms with Gasteiger partial charge in [-0.25, -0.2) is 9.37 Å². The van der Waals surface area contributed by atoms with E-state index >= 15 is 0 Å². The Labute approximate surface area is 122 Å². The van der Waals surface area contributed by atoms with Crippen LogP contribution in [-0.4, -0.2) is 46.5 Å². The Bertz CT molecular complexity index is 629. The summed E-state index contributed by atoms with van der Waals surface area (Å²) in [4.78, 5) is 20.6. The number of aromatic nitrogens is 2. The standard InChI is InChI=1S/C15H17FN4O/c1-18-7-6-17-15(18)20-10-8-19(9-11-20)14(21)12-2-4-13(16)5-3-12/h2-7H,8-11H2,1H3. The fraction of sp³-hybridized carbons (Fsp3) is 0.333. The zero-order valence-corrected chi connectivity index (χ0v) is 11.9. The first-order valence-corrected chi connectivity index (χ1v) is 6.92. The molecule has 21 heavy (non-hydrogen) atoms. The third kappa shape index (κ3) is 2.74. The Morgan fingerprint density at radius 2 is 1.81 bits per heavy atom. The maximum absolute atomic E-state index is 12.9. The zero-order chi connectivity index (χ0) is 14.8. The Morgan fingerprint density at radius 3 is 2.38 bits per heavy atom. The minimum atomic E-state index is -0.328. The van der Waals surface area contributed by atoms with Crippen LogP contribution in [0, 0.1) is 5.82 Å². The van der Waals surface area contributed by atoms with E-state index in [0.29, 0.717) is 18.7 Å². The van der Waals surface area contributed by atoms with Crippen molar-refractivity contribution in [3.8, 4) is 0 Å². The van der Waals surface area contributed by atoms with Gasteiger partial charge in [-0.3, -0.25) is 4.79 Å². The van der Waals surface area contributed by atoms with Gasteiger partial charge in [-0.05, 0) is 24.3 Å². The lowest BCUT2D eigenvalue weighted by molar-refractivity contribution is 0.0746. The summed E-state index contributed by atoms with van der Waals surface area (Å²) in [6, 6.07) is 5.69. The Kier molecular flexibility index (Phi) is 3.60. The number of imidazole rings is 1. The molecule has 1 aliphatic rings. The molecule has 1 saturated heterocycles. The van der Waals surface area contributed by atoms with Crippen molar-refractivity contribution in [2.24, 2.45) is 7.05 Å². The number of halogens is 1. The lowest BCUT2D eigenvalue weighted by Crippen LogP contribution is -2.49. The average Bonchev–Trinajstić information content (AvgIpc) is 2.94. The number of rotatable bonds is 2. The number of anilines is 1. The van der Waals surface area contributed by atoms with Gasteiger partial charge in [-0.1, -0.05) is 0 Å². The number of amides is 1. The quantitative estimate of drug-likeness (QED) is 0.841. The van der Waals surface area contributed by atoms with Gasteiger partial charge in [-0.15, -0.1) is 0 Å². The zero-order valence-electron chi connectivity index (χ0n) is 11.9. The summed E-state index contributed by atoms with van der Waals surface area (Å²) in [7, 11) is 1.96. The maximum Gasteiger partial charge on any atom is 0.253 e. The molecule has 110 valence electrons. The van der Waals surface area contributed by atoms with Crippen LogP contribution in [0.2, 0.25) is 0 Å². The van der Waals surface area contributed by atoms with Crippen molar-refractivity contribution < 1.29 is 9.18 Å². The van der Waals surface area contributed by atoms with Crippen LogP contribution in [0.15, 0.2) is 36.7 Å². The van der Waals surface area contributed by atoms with Crippen molar-refractivity contribution in [1.82, 2.24) is 14.5 Å². The molecule has 0 N–H and O–H groups in total. The van der Waals surface area contributed by atoms with Crippen LogP contribution in [0.25, 0.3) is 0 Å². The Balaban J connectivity index is 1.64. The second kappa shape index (κ2) is 5.55. The van der Waals surface area contributed by atoms with Gasteiger partial charge >= 0.3 is 0 Å². The summed E-state index contributed by atoms with van der Waals surface area (Å²) in [5.74, 6) is 0.546. The van der Waals surface area contributed by atoms with Crippen LogP contribution in [0.1, 0.15) is 10.4 Å². The van der Waals surface area contributed by atoms with Gasteiger partial charge in [-0.2, -0.15) is 0 Å². The summed E-state index contributed by atoms with van der Waals surface area (Å²) < 4.78 is 14.9. The molecular formula is C15H17FN4O. The summed E-state index contributed by atoms with van der Waals surface area (Å²) >= 11 is 0. The highest BCUT2D eigenvalue weighted by atomic mass is 19.1. The van der Waals surface area contributed by atoms with Crippen LogP contribution in [0.5, 0.6) is 0 Å². The molecule has 0 bridgehead atoms. The highest BCUT2D eigenvalue weighted by Gasteiger charge is 2.23. The third-order valence-corrected chi connectivity index (χ3v) is 3.74. The first-order chi connectivity index (χ1) is 10.1. The fourth-order valence-corrected chi connectivity index (χ4v) is 2.55. The lowest BCUT2D eigenvalue weighted by atomic mass is 10.2. The maximum atomic E-state index is 12.9. The van der Waals surface area contributed by atoms with Crippen molar-refractivity contribution in [2.45, 2.75) is 0 Å². The lowest BCUT2D eigenvalue weighted by Gasteiger charge is -2.35. The van der Waals surface area contributed by atoms with E-state index in [9.17, 15) is 9.18 Å². The van der Waals surface area contributed by atoms with E-state index in [1.165, 1.54) is 24.3 Å². The largest absolute Gasteiger partial charge is 0.339 e. The monoisotopic (exact) mass is 288 g/mol. The number of aryl methyl sites for hydroxylation is 1. The topological polar surface area (TPSA) is 41.4 Å². The molecule has 0 saturated carbocycles. The first kappa shape index (κ1) is 13.6. The van der Waals surface area contributed by atoms with Gasteiger partial charge < -0.3 is 14.4 Å². The van der Waals surface area contributed by atoms with Crippen LogP contribution >= 0.6 is 0 Å². The Morgan fingerprint density at radius 1 is 1.14 bits per heavy atom. The van der Waals surface area contributed by atoms with Crippen LogP contribution in [-0.2, 0) is 7.05 Å². The van der Waals surface area contributed by atoms with Crippen molar-refractivity contribution >= 4 is 11.9 Å². The number of piperazine rings is 1. The molecule has 6 heteroatoms. The minimum Gasteiger partial charge on any atom is -0.339 e. The molecule has 1 aromatic heterocycles. The summed E-state index contributed by atoms with van der Waals surface area (Å²) in [6.45, 7) is 2.78. The van der Waals surface area contributed by atoms with E-state index in [-0.39, 0.29) is 11.7 Å². The van der Waals surface area contributed by atoms with E-state index in [0.717, 1.165) is 19.0 Å². The molecule has 5 nitrogen and oxygen atoms in total. The second-order valence-corrected chi connectivity index (χ2v) is 5.12. The van der Waals surface area contributed by atoms with E-state index < -0.39 is 0 Å². The highest BCUT2D eigenvalue weighted by Crippen LogP contribution is 2.15. The van der Waals surface area contributed by atoms with Crippen LogP contribution < -0.4 is 4.90 Å². The van der Waals surface area contributed by atoms with Crippen molar-refractivity contribution in [1.29, 1.82) is 0 Å². The molecule has 1 aliphatic heterocycles. The summed E-state index contributed by atoms with van der Waals surface area (Å²) in [6.07, 6.45) is 3.68. The van der Waals surface area contributed by atoms with Gasteiger partial charge in [0.05, 0.1) is 0 Å². The van der Waals surface area contributed by atoms with Gasteiger partial charge in [0.1, 0.15) is 5.82 Å². The average molecular weight is 288 g/mol. The van der Waals surface area contributed by atoms with Gasteiger partial charge in [0.15, 0.2) is 0 Å². The number of nitrogens with zero attached hydrogens (tertiary/aromatic N) is 4. The predicted octanol–water partition coefficient (Wildman–Crippen LogP) is 1.52. The van der Waals surface area contributed by atoms with Crippen molar-refractivity contribution in [3.63, 3.8) is 0 Å². The van der Waals surface area contributed by atoms with Crippen LogP contribution in [0.4, 0.5) is 10.3 Å². The van der Waals surface area contributed by atoms with Gasteiger partial charge in [0.2, 0.25) is 5.95 Å². The summed E-state index contributed by atoms with van der Waals surface area (Å²) in [5.41, 5.74) is 0.529. The van der Waals surface area contributed by atoms with Gasteiger partial charge in [0, 0.05) is 51.2 Å². The molecule has 1 aromatic carbocycles. The number of benzene rings is 1. The molecule has 2 heterocycles. The molecule has 0 unspecified atom stereocenters. The SMILES string of the molecule is Cn1ccnc1N1CCN(C(=O)c2ccc(F)cc2)CC1. The van der Waals surface area contributed by atoms with Gasteiger partial charge in [0.25, 0.3) is 5.91 Å². The minimum absolute atomic E-state index is 0.0468.